The monoisotopic (exact) mass is 317 g/mol. The van der Waals surface area contributed by atoms with Gasteiger partial charge in [0, 0.05) is 12.5 Å². The predicted molar refractivity (Wildman–Crippen MR) is 92.2 cm³/mol. The Bertz CT molecular complexity index is 593. The number of ether oxygens (including phenoxy) is 2. The number of rotatable bonds is 7. The Balaban J connectivity index is 2.21. The lowest BCUT2D eigenvalue weighted by molar-refractivity contribution is -0.116. The number of carbonyl (C=O) groups excluding carboxylic acids is 1. The molecule has 0 saturated heterocycles. The summed E-state index contributed by atoms with van der Waals surface area (Å²) < 4.78 is 10.8. The van der Waals surface area contributed by atoms with Crippen molar-refractivity contribution >= 4 is 5.78 Å². The molecule has 4 heteroatoms. The van der Waals surface area contributed by atoms with Crippen LogP contribution < -0.4 is 14.8 Å². The van der Waals surface area contributed by atoms with Crippen LogP contribution >= 0.6 is 0 Å². The molecule has 1 aliphatic heterocycles. The van der Waals surface area contributed by atoms with Crippen molar-refractivity contribution in [1.82, 2.24) is 5.32 Å². The zero-order valence-corrected chi connectivity index (χ0v) is 14.6. The van der Waals surface area contributed by atoms with Crippen molar-refractivity contribution in [2.75, 3.05) is 20.8 Å². The van der Waals surface area contributed by atoms with E-state index < -0.39 is 0 Å². The molecule has 0 bridgehead atoms. The van der Waals surface area contributed by atoms with Crippen molar-refractivity contribution in [3.05, 3.63) is 35.4 Å². The predicted octanol–water partition coefficient (Wildman–Crippen LogP) is 3.45. The summed E-state index contributed by atoms with van der Waals surface area (Å²) in [6.07, 6.45) is 2.12. The lowest BCUT2D eigenvalue weighted by atomic mass is 9.88. The van der Waals surface area contributed by atoms with Gasteiger partial charge in [0.2, 0.25) is 0 Å². The van der Waals surface area contributed by atoms with Crippen LogP contribution in [0.15, 0.2) is 24.3 Å². The summed E-state index contributed by atoms with van der Waals surface area (Å²) in [4.78, 5) is 12.4. The first-order valence-corrected chi connectivity index (χ1v) is 8.15. The van der Waals surface area contributed by atoms with E-state index in [1.165, 1.54) is 5.56 Å². The topological polar surface area (TPSA) is 47.6 Å². The molecule has 0 spiro atoms. The van der Waals surface area contributed by atoms with Crippen LogP contribution in [0.1, 0.15) is 43.9 Å². The van der Waals surface area contributed by atoms with E-state index in [-0.39, 0.29) is 11.8 Å². The summed E-state index contributed by atoms with van der Waals surface area (Å²) in [5.74, 6) is 2.03. The van der Waals surface area contributed by atoms with Gasteiger partial charge in [-0.25, -0.2) is 0 Å². The molecule has 1 atom stereocenters. The minimum Gasteiger partial charge on any atom is -0.493 e. The average molecular weight is 317 g/mol. The number of Topliss-reactive ketones (excluding diaryl/α,β-unsaturated/α-hetero) is 1. The van der Waals surface area contributed by atoms with Gasteiger partial charge in [-0.3, -0.25) is 4.79 Å². The van der Waals surface area contributed by atoms with Gasteiger partial charge in [-0.1, -0.05) is 20.4 Å². The van der Waals surface area contributed by atoms with E-state index in [0.717, 1.165) is 36.3 Å². The number of fused-ring (bicyclic) bond motifs is 1. The fourth-order valence-corrected chi connectivity index (χ4v) is 3.09. The molecule has 4 nitrogen and oxygen atoms in total. The smallest absolute Gasteiger partial charge is 0.161 e. The SMILES string of the molecule is C=C(CC(C)C)C(=O)C[C@@H]1NCCc2cc(OC)c(OC)cc21. The summed E-state index contributed by atoms with van der Waals surface area (Å²) in [5.41, 5.74) is 3.06. The Morgan fingerprint density at radius 3 is 2.57 bits per heavy atom. The highest BCUT2D eigenvalue weighted by atomic mass is 16.5. The van der Waals surface area contributed by atoms with Gasteiger partial charge < -0.3 is 14.8 Å². The zero-order chi connectivity index (χ0) is 17.0. The Hall–Kier alpha value is -1.81. The molecule has 23 heavy (non-hydrogen) atoms. The molecule has 1 aromatic carbocycles. The molecule has 126 valence electrons. The van der Waals surface area contributed by atoms with Crippen LogP contribution in [0.4, 0.5) is 0 Å². The Kier molecular flexibility index (Phi) is 5.83. The second kappa shape index (κ2) is 7.64. The van der Waals surface area contributed by atoms with Crippen LogP contribution in [0.5, 0.6) is 11.5 Å². The molecule has 1 aliphatic rings. The number of hydrogen-bond acceptors (Lipinski definition) is 4. The van der Waals surface area contributed by atoms with Crippen molar-refractivity contribution < 1.29 is 14.3 Å². The van der Waals surface area contributed by atoms with Crippen molar-refractivity contribution in [2.45, 2.75) is 39.2 Å². The third kappa shape index (κ3) is 4.14. The fraction of sp³-hybridized carbons (Fsp3) is 0.526. The quantitative estimate of drug-likeness (QED) is 0.783. The van der Waals surface area contributed by atoms with Crippen LogP contribution in [0.2, 0.25) is 0 Å². The van der Waals surface area contributed by atoms with Gasteiger partial charge in [-0.2, -0.15) is 0 Å². The number of ketones is 1. The molecule has 0 amide bonds. The van der Waals surface area contributed by atoms with E-state index >= 15 is 0 Å². The van der Waals surface area contributed by atoms with Crippen LogP contribution in [0, 0.1) is 5.92 Å². The first kappa shape index (κ1) is 17.5. The number of carbonyl (C=O) groups is 1. The zero-order valence-electron chi connectivity index (χ0n) is 14.6. The maximum Gasteiger partial charge on any atom is 0.161 e. The van der Waals surface area contributed by atoms with Crippen molar-refractivity contribution in [2.24, 2.45) is 5.92 Å². The highest BCUT2D eigenvalue weighted by molar-refractivity contribution is 5.95. The molecule has 0 saturated carbocycles. The first-order valence-electron chi connectivity index (χ1n) is 8.15. The lowest BCUT2D eigenvalue weighted by Crippen LogP contribution is -2.31. The normalized spacial score (nSPS) is 16.8. The fourth-order valence-electron chi connectivity index (χ4n) is 3.09. The third-order valence-corrected chi connectivity index (χ3v) is 4.24. The Morgan fingerprint density at radius 1 is 1.30 bits per heavy atom. The number of hydrogen-bond donors (Lipinski definition) is 1. The van der Waals surface area contributed by atoms with Gasteiger partial charge in [0.05, 0.1) is 14.2 Å². The number of allylic oxidation sites excluding steroid dienone is 1. The highest BCUT2D eigenvalue weighted by Crippen LogP contribution is 2.36. The number of benzene rings is 1. The van der Waals surface area contributed by atoms with Crippen molar-refractivity contribution in [1.29, 1.82) is 0 Å². The Morgan fingerprint density at radius 2 is 1.96 bits per heavy atom. The average Bonchev–Trinajstić information content (AvgIpc) is 2.53. The maximum absolute atomic E-state index is 12.4. The molecular formula is C19H27NO3. The molecule has 2 rings (SSSR count). The van der Waals surface area contributed by atoms with Crippen LogP contribution in [0.25, 0.3) is 0 Å². The summed E-state index contributed by atoms with van der Waals surface area (Å²) in [6.45, 7) is 9.02. The molecule has 0 unspecified atom stereocenters. The molecule has 0 fully saturated rings. The third-order valence-electron chi connectivity index (χ3n) is 4.24. The largest absolute Gasteiger partial charge is 0.493 e. The van der Waals surface area contributed by atoms with E-state index in [1.807, 2.05) is 12.1 Å². The molecular weight excluding hydrogens is 290 g/mol. The Labute approximate surface area is 138 Å². The molecule has 0 radical (unpaired) electrons. The summed E-state index contributed by atoms with van der Waals surface area (Å²) >= 11 is 0. The standard InChI is InChI=1S/C19H27NO3/c1-12(2)8-13(3)17(21)11-16-15-10-19(23-5)18(22-4)9-14(15)6-7-20-16/h9-10,12,16,20H,3,6-8,11H2,1-2,4-5H3/t16-/m0/s1. The van der Waals surface area contributed by atoms with Crippen LogP contribution in [-0.2, 0) is 11.2 Å². The van der Waals surface area contributed by atoms with E-state index in [4.69, 9.17) is 9.47 Å². The van der Waals surface area contributed by atoms with Gasteiger partial charge in [0.1, 0.15) is 0 Å². The van der Waals surface area contributed by atoms with Gasteiger partial charge in [0.25, 0.3) is 0 Å². The van der Waals surface area contributed by atoms with Crippen molar-refractivity contribution in [3.8, 4) is 11.5 Å². The molecule has 1 aromatic rings. The minimum atomic E-state index is 0.00923. The molecule has 0 aliphatic carbocycles. The maximum atomic E-state index is 12.4. The second-order valence-electron chi connectivity index (χ2n) is 6.49. The first-order chi connectivity index (χ1) is 11.0. The number of nitrogens with one attached hydrogen (secondary N) is 1. The van der Waals surface area contributed by atoms with Gasteiger partial charge >= 0.3 is 0 Å². The molecule has 0 aromatic heterocycles. The minimum absolute atomic E-state index is 0.00923. The number of methoxy groups -OCH3 is 2. The van der Waals surface area contributed by atoms with Gasteiger partial charge in [-0.05, 0) is 54.1 Å². The van der Waals surface area contributed by atoms with E-state index in [1.54, 1.807) is 14.2 Å². The highest BCUT2D eigenvalue weighted by Gasteiger charge is 2.25. The van der Waals surface area contributed by atoms with Crippen LogP contribution in [-0.4, -0.2) is 26.5 Å². The summed E-state index contributed by atoms with van der Waals surface area (Å²) in [5, 5.41) is 3.44. The van der Waals surface area contributed by atoms with E-state index in [0.29, 0.717) is 18.1 Å². The van der Waals surface area contributed by atoms with Crippen LogP contribution in [0.3, 0.4) is 0 Å². The lowest BCUT2D eigenvalue weighted by Gasteiger charge is -2.28. The van der Waals surface area contributed by atoms with Gasteiger partial charge in [-0.15, -0.1) is 0 Å². The van der Waals surface area contributed by atoms with E-state index in [2.05, 4.69) is 25.7 Å². The second-order valence-corrected chi connectivity index (χ2v) is 6.49. The molecule has 1 N–H and O–H groups in total. The van der Waals surface area contributed by atoms with Crippen molar-refractivity contribution in [3.63, 3.8) is 0 Å². The van der Waals surface area contributed by atoms with Gasteiger partial charge in [0.15, 0.2) is 17.3 Å². The summed E-state index contributed by atoms with van der Waals surface area (Å²) in [6, 6.07) is 4.02. The summed E-state index contributed by atoms with van der Waals surface area (Å²) in [7, 11) is 3.27. The van der Waals surface area contributed by atoms with E-state index in [9.17, 15) is 4.79 Å². The molecule has 1 heterocycles.